The maximum Gasteiger partial charge on any atom is 0.134 e. The summed E-state index contributed by atoms with van der Waals surface area (Å²) in [6.45, 7) is 8.66. The molecule has 1 aromatic heterocycles. The Hall–Kier alpha value is -1.32. The number of hydrogen-bond acceptors (Lipinski definition) is 4. The van der Waals surface area contributed by atoms with E-state index in [1.165, 1.54) is 0 Å². The molecular formula is C12H22N4. The molecule has 0 saturated carbocycles. The Bertz CT molecular complexity index is 336. The Morgan fingerprint density at radius 1 is 1.19 bits per heavy atom. The molecule has 4 nitrogen and oxygen atoms in total. The van der Waals surface area contributed by atoms with Gasteiger partial charge in [-0.1, -0.05) is 13.8 Å². The van der Waals surface area contributed by atoms with Crippen LogP contribution in [0.15, 0.2) is 6.33 Å². The van der Waals surface area contributed by atoms with Crippen LogP contribution < -0.4 is 10.6 Å². The van der Waals surface area contributed by atoms with Crippen LogP contribution in [0.4, 0.5) is 11.6 Å². The highest BCUT2D eigenvalue weighted by molar-refractivity contribution is 5.56. The van der Waals surface area contributed by atoms with Crippen LogP contribution >= 0.6 is 0 Å². The zero-order chi connectivity index (χ0) is 12.1. The second-order valence-corrected chi connectivity index (χ2v) is 4.62. The average molecular weight is 222 g/mol. The van der Waals surface area contributed by atoms with Gasteiger partial charge < -0.3 is 10.6 Å². The van der Waals surface area contributed by atoms with Crippen molar-refractivity contribution in [3.05, 3.63) is 11.9 Å². The highest BCUT2D eigenvalue weighted by Gasteiger charge is 2.09. The molecule has 1 atom stereocenters. The van der Waals surface area contributed by atoms with E-state index in [9.17, 15) is 0 Å². The minimum atomic E-state index is 0.429. The van der Waals surface area contributed by atoms with Gasteiger partial charge >= 0.3 is 0 Å². The van der Waals surface area contributed by atoms with Crippen LogP contribution in [0.3, 0.4) is 0 Å². The molecule has 0 aromatic carbocycles. The maximum atomic E-state index is 4.27. The molecule has 1 rings (SSSR count). The molecule has 0 saturated heterocycles. The number of aromatic nitrogens is 2. The summed E-state index contributed by atoms with van der Waals surface area (Å²) in [7, 11) is 1.87. The van der Waals surface area contributed by atoms with Crippen LogP contribution in [0.5, 0.6) is 0 Å². The number of rotatable bonds is 5. The lowest BCUT2D eigenvalue weighted by atomic mass is 10.1. The Morgan fingerprint density at radius 2 is 1.81 bits per heavy atom. The van der Waals surface area contributed by atoms with Crippen molar-refractivity contribution >= 4 is 11.6 Å². The molecular weight excluding hydrogens is 200 g/mol. The quantitative estimate of drug-likeness (QED) is 0.804. The van der Waals surface area contributed by atoms with Gasteiger partial charge in [0.1, 0.15) is 18.0 Å². The third-order valence-corrected chi connectivity index (χ3v) is 2.53. The van der Waals surface area contributed by atoms with E-state index in [1.54, 1.807) is 6.33 Å². The van der Waals surface area contributed by atoms with Gasteiger partial charge in [-0.3, -0.25) is 0 Å². The first-order valence-corrected chi connectivity index (χ1v) is 5.80. The molecule has 1 heterocycles. The first kappa shape index (κ1) is 12.7. The maximum absolute atomic E-state index is 4.27. The smallest absolute Gasteiger partial charge is 0.134 e. The summed E-state index contributed by atoms with van der Waals surface area (Å²) in [5, 5.41) is 6.48. The molecule has 90 valence electrons. The first-order valence-electron chi connectivity index (χ1n) is 5.80. The van der Waals surface area contributed by atoms with E-state index < -0.39 is 0 Å². The largest absolute Gasteiger partial charge is 0.373 e. The summed E-state index contributed by atoms with van der Waals surface area (Å²) in [6, 6.07) is 0.429. The van der Waals surface area contributed by atoms with Crippen LogP contribution in [0.1, 0.15) is 32.8 Å². The number of nitrogens with one attached hydrogen (secondary N) is 2. The molecule has 0 amide bonds. The number of nitrogens with zero attached hydrogens (tertiary/aromatic N) is 2. The zero-order valence-corrected chi connectivity index (χ0v) is 10.8. The minimum absolute atomic E-state index is 0.429. The van der Waals surface area contributed by atoms with E-state index >= 15 is 0 Å². The predicted octanol–water partition coefficient (Wildman–Crippen LogP) is 2.67. The fourth-order valence-corrected chi connectivity index (χ4v) is 1.85. The molecule has 16 heavy (non-hydrogen) atoms. The Morgan fingerprint density at radius 3 is 2.38 bits per heavy atom. The standard InChI is InChI=1S/C12H22N4/c1-8(2)6-9(3)16-12-10(4)11(13-5)14-7-15-12/h7-9H,6H2,1-5H3,(H2,13,14,15,16). The van der Waals surface area contributed by atoms with Crippen LogP contribution in [-0.2, 0) is 0 Å². The highest BCUT2D eigenvalue weighted by Crippen LogP contribution is 2.19. The van der Waals surface area contributed by atoms with Gasteiger partial charge in [0.15, 0.2) is 0 Å². The van der Waals surface area contributed by atoms with Crippen molar-refractivity contribution in [3.8, 4) is 0 Å². The third kappa shape index (κ3) is 3.36. The molecule has 0 aliphatic heterocycles. The molecule has 0 aliphatic rings. The van der Waals surface area contributed by atoms with Gasteiger partial charge in [-0.05, 0) is 26.2 Å². The van der Waals surface area contributed by atoms with Crippen molar-refractivity contribution < 1.29 is 0 Å². The zero-order valence-electron chi connectivity index (χ0n) is 10.8. The molecule has 0 fully saturated rings. The van der Waals surface area contributed by atoms with Gasteiger partial charge in [0.05, 0.1) is 0 Å². The minimum Gasteiger partial charge on any atom is -0.373 e. The summed E-state index contributed by atoms with van der Waals surface area (Å²) < 4.78 is 0. The summed E-state index contributed by atoms with van der Waals surface area (Å²) in [5.41, 5.74) is 1.07. The van der Waals surface area contributed by atoms with Gasteiger partial charge in [0, 0.05) is 18.7 Å². The van der Waals surface area contributed by atoms with E-state index in [0.29, 0.717) is 12.0 Å². The lowest BCUT2D eigenvalue weighted by Crippen LogP contribution is -2.19. The molecule has 0 bridgehead atoms. The van der Waals surface area contributed by atoms with Gasteiger partial charge in [0.25, 0.3) is 0 Å². The second kappa shape index (κ2) is 5.68. The average Bonchev–Trinajstić information content (AvgIpc) is 2.20. The van der Waals surface area contributed by atoms with E-state index in [4.69, 9.17) is 0 Å². The van der Waals surface area contributed by atoms with Gasteiger partial charge in [-0.25, -0.2) is 9.97 Å². The predicted molar refractivity (Wildman–Crippen MR) is 68.9 cm³/mol. The lowest BCUT2D eigenvalue weighted by molar-refractivity contribution is 0.538. The van der Waals surface area contributed by atoms with Crippen molar-refractivity contribution in [1.29, 1.82) is 0 Å². The Kier molecular flexibility index (Phi) is 4.52. The summed E-state index contributed by atoms with van der Waals surface area (Å²) >= 11 is 0. The van der Waals surface area contributed by atoms with Gasteiger partial charge in [-0.15, -0.1) is 0 Å². The van der Waals surface area contributed by atoms with E-state index in [2.05, 4.69) is 41.4 Å². The van der Waals surface area contributed by atoms with E-state index in [0.717, 1.165) is 23.6 Å². The third-order valence-electron chi connectivity index (χ3n) is 2.53. The molecule has 0 aliphatic carbocycles. The molecule has 0 spiro atoms. The number of anilines is 2. The number of hydrogen-bond donors (Lipinski definition) is 2. The first-order chi connectivity index (χ1) is 7.54. The lowest BCUT2D eigenvalue weighted by Gasteiger charge is -2.18. The Labute approximate surface area is 97.9 Å². The molecule has 2 N–H and O–H groups in total. The van der Waals surface area contributed by atoms with Gasteiger partial charge in [0.2, 0.25) is 0 Å². The topological polar surface area (TPSA) is 49.8 Å². The summed E-state index contributed by atoms with van der Waals surface area (Å²) in [4.78, 5) is 8.44. The van der Waals surface area contributed by atoms with Crippen LogP contribution in [0.25, 0.3) is 0 Å². The normalized spacial score (nSPS) is 12.6. The van der Waals surface area contributed by atoms with Crippen molar-refractivity contribution in [2.24, 2.45) is 5.92 Å². The van der Waals surface area contributed by atoms with Gasteiger partial charge in [-0.2, -0.15) is 0 Å². The monoisotopic (exact) mass is 222 g/mol. The summed E-state index contributed by atoms with van der Waals surface area (Å²) in [6.07, 6.45) is 2.72. The molecule has 1 aromatic rings. The highest BCUT2D eigenvalue weighted by atomic mass is 15.1. The van der Waals surface area contributed by atoms with Crippen molar-refractivity contribution in [1.82, 2.24) is 9.97 Å². The van der Waals surface area contributed by atoms with Crippen LogP contribution in [0, 0.1) is 12.8 Å². The fraction of sp³-hybridized carbons (Fsp3) is 0.667. The van der Waals surface area contributed by atoms with Crippen LogP contribution in [0.2, 0.25) is 0 Å². The fourth-order valence-electron chi connectivity index (χ4n) is 1.85. The summed E-state index contributed by atoms with van der Waals surface area (Å²) in [5.74, 6) is 2.50. The molecule has 1 unspecified atom stereocenters. The van der Waals surface area contributed by atoms with Crippen molar-refractivity contribution in [3.63, 3.8) is 0 Å². The molecule has 0 radical (unpaired) electrons. The second-order valence-electron chi connectivity index (χ2n) is 4.62. The van der Waals surface area contributed by atoms with Crippen LogP contribution in [-0.4, -0.2) is 23.1 Å². The van der Waals surface area contributed by atoms with Crippen molar-refractivity contribution in [2.75, 3.05) is 17.7 Å². The Balaban J connectivity index is 2.73. The molecule has 4 heteroatoms. The van der Waals surface area contributed by atoms with E-state index in [1.807, 2.05) is 14.0 Å². The SMILES string of the molecule is CNc1ncnc(NC(C)CC(C)C)c1C. The van der Waals surface area contributed by atoms with Crippen molar-refractivity contribution in [2.45, 2.75) is 40.2 Å². The van der Waals surface area contributed by atoms with E-state index in [-0.39, 0.29) is 0 Å².